The fourth-order valence-corrected chi connectivity index (χ4v) is 3.03. The summed E-state index contributed by atoms with van der Waals surface area (Å²) in [5.41, 5.74) is 3.32. The minimum atomic E-state index is -0.817. The minimum absolute atomic E-state index is 0.00130. The summed E-state index contributed by atoms with van der Waals surface area (Å²) in [5, 5.41) is 10.9. The lowest BCUT2D eigenvalue weighted by atomic mass is 10.0. The number of nitrogens with zero attached hydrogens (tertiary/aromatic N) is 2. The molecule has 19 heavy (non-hydrogen) atoms. The molecule has 1 aliphatic rings. The number of fused-ring (bicyclic) bond motifs is 3. The van der Waals surface area contributed by atoms with E-state index in [-0.39, 0.29) is 6.54 Å². The quantitative estimate of drug-likeness (QED) is 0.917. The molecule has 1 aromatic heterocycles. The van der Waals surface area contributed by atoms with Gasteiger partial charge in [0.05, 0.1) is 0 Å². The average molecular weight is 279 g/mol. The lowest BCUT2D eigenvalue weighted by Crippen LogP contribution is -2.28. The maximum absolute atomic E-state index is 11.1. The van der Waals surface area contributed by atoms with Crippen LogP contribution in [0.15, 0.2) is 18.2 Å². The zero-order valence-electron chi connectivity index (χ0n) is 10.7. The Hall–Kier alpha value is -1.52. The highest BCUT2D eigenvalue weighted by Crippen LogP contribution is 2.32. The molecule has 1 aliphatic heterocycles. The summed E-state index contributed by atoms with van der Waals surface area (Å²) in [6.45, 7) is 1.78. The molecule has 0 bridgehead atoms. The molecule has 0 fully saturated rings. The van der Waals surface area contributed by atoms with Gasteiger partial charge < -0.3 is 14.6 Å². The standard InChI is InChI=1S/C14H15ClN2O2/c1-16-5-4-10-11-6-9(15)2-3-12(11)17(8-14(18)19)13(10)7-16/h2-3,6H,4-5,7-8H2,1H3,(H,18,19). The first-order valence-electron chi connectivity index (χ1n) is 6.26. The van der Waals surface area contributed by atoms with Crippen LogP contribution in [0.1, 0.15) is 11.3 Å². The second-order valence-corrected chi connectivity index (χ2v) is 5.49. The van der Waals surface area contributed by atoms with Crippen molar-refractivity contribution in [1.29, 1.82) is 0 Å². The van der Waals surface area contributed by atoms with Crippen molar-refractivity contribution >= 4 is 28.5 Å². The Morgan fingerprint density at radius 3 is 3.00 bits per heavy atom. The molecular formula is C14H15ClN2O2. The number of hydrogen-bond donors (Lipinski definition) is 1. The van der Waals surface area contributed by atoms with Gasteiger partial charge in [-0.2, -0.15) is 0 Å². The molecule has 100 valence electrons. The second kappa shape index (κ2) is 4.54. The number of aliphatic carboxylic acids is 1. The van der Waals surface area contributed by atoms with Crippen LogP contribution < -0.4 is 0 Å². The van der Waals surface area contributed by atoms with Gasteiger partial charge in [0, 0.05) is 34.7 Å². The minimum Gasteiger partial charge on any atom is -0.480 e. The summed E-state index contributed by atoms with van der Waals surface area (Å²) in [7, 11) is 2.05. The third-order valence-electron chi connectivity index (χ3n) is 3.71. The highest BCUT2D eigenvalue weighted by Gasteiger charge is 2.23. The van der Waals surface area contributed by atoms with Gasteiger partial charge in [0.15, 0.2) is 0 Å². The Morgan fingerprint density at radius 2 is 2.26 bits per heavy atom. The Balaban J connectivity index is 2.26. The van der Waals surface area contributed by atoms with Gasteiger partial charge in [-0.05, 0) is 37.2 Å². The zero-order valence-corrected chi connectivity index (χ0v) is 11.4. The molecule has 1 aromatic carbocycles. The Labute approximate surface area is 116 Å². The van der Waals surface area contributed by atoms with E-state index in [0.717, 1.165) is 36.1 Å². The number of aromatic nitrogens is 1. The first kappa shape index (κ1) is 12.5. The van der Waals surface area contributed by atoms with Crippen LogP contribution >= 0.6 is 11.6 Å². The van der Waals surface area contributed by atoms with E-state index in [1.165, 1.54) is 5.56 Å². The average Bonchev–Trinajstić information content (AvgIpc) is 2.62. The molecule has 0 saturated carbocycles. The lowest BCUT2D eigenvalue weighted by molar-refractivity contribution is -0.137. The maximum Gasteiger partial charge on any atom is 0.323 e. The number of halogens is 1. The van der Waals surface area contributed by atoms with Crippen molar-refractivity contribution in [2.45, 2.75) is 19.5 Å². The van der Waals surface area contributed by atoms with Gasteiger partial charge in [-0.1, -0.05) is 11.6 Å². The summed E-state index contributed by atoms with van der Waals surface area (Å²) in [6, 6.07) is 5.68. The van der Waals surface area contributed by atoms with E-state index in [9.17, 15) is 4.79 Å². The van der Waals surface area contributed by atoms with Gasteiger partial charge >= 0.3 is 5.97 Å². The number of carbonyl (C=O) groups is 1. The number of hydrogen-bond acceptors (Lipinski definition) is 2. The van der Waals surface area contributed by atoms with E-state index in [2.05, 4.69) is 11.9 Å². The van der Waals surface area contributed by atoms with Crippen LogP contribution in [0.4, 0.5) is 0 Å². The SMILES string of the molecule is CN1CCc2c(n(CC(=O)O)c3ccc(Cl)cc23)C1. The van der Waals surface area contributed by atoms with Crippen LogP contribution in [0, 0.1) is 0 Å². The van der Waals surface area contributed by atoms with Gasteiger partial charge in [-0.15, -0.1) is 0 Å². The molecule has 0 aliphatic carbocycles. The van der Waals surface area contributed by atoms with Gasteiger partial charge in [0.1, 0.15) is 6.54 Å². The van der Waals surface area contributed by atoms with Crippen LogP contribution in [0.25, 0.3) is 10.9 Å². The van der Waals surface area contributed by atoms with E-state index in [1.807, 2.05) is 22.8 Å². The van der Waals surface area contributed by atoms with Crippen LogP contribution in [-0.4, -0.2) is 34.1 Å². The third kappa shape index (κ3) is 2.11. The fourth-order valence-electron chi connectivity index (χ4n) is 2.86. The fraction of sp³-hybridized carbons (Fsp3) is 0.357. The molecule has 0 saturated heterocycles. The van der Waals surface area contributed by atoms with Crippen LogP contribution in [0.5, 0.6) is 0 Å². The molecule has 0 spiro atoms. The predicted molar refractivity (Wildman–Crippen MR) is 74.6 cm³/mol. The highest BCUT2D eigenvalue weighted by atomic mass is 35.5. The smallest absolute Gasteiger partial charge is 0.323 e. The molecule has 0 amide bonds. The summed E-state index contributed by atoms with van der Waals surface area (Å²) in [5.74, 6) is -0.817. The highest BCUT2D eigenvalue weighted by molar-refractivity contribution is 6.31. The molecular weight excluding hydrogens is 264 g/mol. The van der Waals surface area contributed by atoms with Crippen molar-refractivity contribution in [3.63, 3.8) is 0 Å². The Morgan fingerprint density at radius 1 is 1.47 bits per heavy atom. The molecule has 4 nitrogen and oxygen atoms in total. The summed E-state index contributed by atoms with van der Waals surface area (Å²) in [4.78, 5) is 13.3. The number of likely N-dealkylation sites (N-methyl/N-ethyl adjacent to an activating group) is 1. The predicted octanol–water partition coefficient (Wildman–Crippen LogP) is 2.37. The topological polar surface area (TPSA) is 45.5 Å². The first-order valence-corrected chi connectivity index (χ1v) is 6.64. The molecule has 1 N–H and O–H groups in total. The molecule has 0 radical (unpaired) electrons. The van der Waals surface area contributed by atoms with E-state index in [4.69, 9.17) is 16.7 Å². The van der Waals surface area contributed by atoms with Crippen molar-refractivity contribution < 1.29 is 9.90 Å². The van der Waals surface area contributed by atoms with Crippen molar-refractivity contribution in [1.82, 2.24) is 9.47 Å². The van der Waals surface area contributed by atoms with Gasteiger partial charge in [-0.25, -0.2) is 0 Å². The number of rotatable bonds is 2. The van der Waals surface area contributed by atoms with Gasteiger partial charge in [0.25, 0.3) is 0 Å². The molecule has 3 rings (SSSR count). The molecule has 2 heterocycles. The van der Waals surface area contributed by atoms with Crippen molar-refractivity contribution in [3.8, 4) is 0 Å². The number of carboxylic acid groups (broad SMARTS) is 1. The Bertz CT molecular complexity index is 663. The van der Waals surface area contributed by atoms with Crippen molar-refractivity contribution in [2.75, 3.05) is 13.6 Å². The Kier molecular flexibility index (Phi) is 2.99. The van der Waals surface area contributed by atoms with Crippen LogP contribution in [-0.2, 0) is 24.3 Å². The van der Waals surface area contributed by atoms with E-state index >= 15 is 0 Å². The van der Waals surface area contributed by atoms with E-state index in [1.54, 1.807) is 0 Å². The van der Waals surface area contributed by atoms with Crippen LogP contribution in [0.2, 0.25) is 5.02 Å². The van der Waals surface area contributed by atoms with Crippen molar-refractivity contribution in [3.05, 3.63) is 34.5 Å². The van der Waals surface area contributed by atoms with Crippen LogP contribution in [0.3, 0.4) is 0 Å². The van der Waals surface area contributed by atoms with Gasteiger partial charge in [0.2, 0.25) is 0 Å². The maximum atomic E-state index is 11.1. The number of carboxylic acids is 1. The molecule has 5 heteroatoms. The second-order valence-electron chi connectivity index (χ2n) is 5.05. The van der Waals surface area contributed by atoms with Gasteiger partial charge in [-0.3, -0.25) is 4.79 Å². The van der Waals surface area contributed by atoms with Crippen molar-refractivity contribution in [2.24, 2.45) is 0 Å². The third-order valence-corrected chi connectivity index (χ3v) is 3.94. The first-order chi connectivity index (χ1) is 9.06. The molecule has 0 atom stereocenters. The largest absolute Gasteiger partial charge is 0.480 e. The normalized spacial score (nSPS) is 15.7. The van der Waals surface area contributed by atoms with E-state index in [0.29, 0.717) is 5.02 Å². The molecule has 2 aromatic rings. The summed E-state index contributed by atoms with van der Waals surface area (Å²) in [6.07, 6.45) is 0.940. The monoisotopic (exact) mass is 278 g/mol. The van der Waals surface area contributed by atoms with E-state index < -0.39 is 5.97 Å². The summed E-state index contributed by atoms with van der Waals surface area (Å²) < 4.78 is 1.90. The zero-order chi connectivity index (χ0) is 13.6. The summed E-state index contributed by atoms with van der Waals surface area (Å²) >= 11 is 6.07. The number of benzene rings is 1. The lowest BCUT2D eigenvalue weighted by Gasteiger charge is -2.24. The molecule has 0 unspecified atom stereocenters.